The Hall–Kier alpha value is -1.84. The molecule has 1 N–H and O–H groups in total. The summed E-state index contributed by atoms with van der Waals surface area (Å²) in [6.07, 6.45) is 11.9. The molecule has 0 saturated heterocycles. The normalized spacial score (nSPS) is 15.2. The summed E-state index contributed by atoms with van der Waals surface area (Å²) in [7, 11) is 0. The number of rotatable bonds is 3. The Morgan fingerprint density at radius 1 is 1.06 bits per heavy atom. The molecule has 1 aromatic carbocycles. The Labute approximate surface area is 213 Å². The van der Waals surface area contributed by atoms with Crippen LogP contribution >= 0.6 is 0 Å². The van der Waals surface area contributed by atoms with Crippen LogP contribution in [0.1, 0.15) is 97.6 Å². The van der Waals surface area contributed by atoms with Crippen LogP contribution in [0.25, 0.3) is 11.4 Å². The van der Waals surface area contributed by atoms with E-state index in [0.717, 1.165) is 11.4 Å². The Morgan fingerprint density at radius 3 is 2.09 bits per heavy atom. The van der Waals surface area contributed by atoms with Gasteiger partial charge in [0.2, 0.25) is 0 Å². The summed E-state index contributed by atoms with van der Waals surface area (Å²) in [4.78, 5) is 19.7. The number of hydrogen-bond donors (Lipinski definition) is 1. The van der Waals surface area contributed by atoms with Gasteiger partial charge in [0, 0.05) is 44.0 Å². The quantitative estimate of drug-likeness (QED) is 0.220. The molecule has 0 unspecified atom stereocenters. The zero-order valence-corrected chi connectivity index (χ0v) is 23.6. The smallest absolute Gasteiger partial charge is 0.155 e. The van der Waals surface area contributed by atoms with E-state index >= 15 is 0 Å². The Kier molecular flexibility index (Phi) is 11.1. The molecule has 5 heteroatoms. The second-order valence-corrected chi connectivity index (χ2v) is 10.8. The standard InChI is InChI=1S/C20H25N2.C8H14O2.Ir/c1-20(2,3)18-11-7-10-16(12-18)19-21-13-17(14-22-19)15-8-5-4-6-9-15;1-6(9)5-7(10)8(2,3)4;/h7,11-15H,4-6,8-9H2,1-3H3;5,10H,1-4H3;/q-1;;. The number of ketones is 1. The minimum Gasteiger partial charge on any atom is -0.512 e. The van der Waals surface area contributed by atoms with Crippen molar-refractivity contribution in [3.8, 4) is 11.4 Å². The fourth-order valence-electron chi connectivity index (χ4n) is 3.60. The SMILES string of the molecule is CC(=O)C=C(O)C(C)(C)C.CC(C)(C)c1cc[c-]c(-c2ncc(C3CCCCC3)cn2)c1.[Ir]. The van der Waals surface area contributed by atoms with E-state index in [0.29, 0.717) is 5.92 Å². The van der Waals surface area contributed by atoms with Crippen LogP contribution in [0, 0.1) is 11.5 Å². The van der Waals surface area contributed by atoms with Crippen LogP contribution in [0.4, 0.5) is 0 Å². The molecule has 33 heavy (non-hydrogen) atoms. The summed E-state index contributed by atoms with van der Waals surface area (Å²) in [6, 6.07) is 9.54. The number of aromatic nitrogens is 2. The molecule has 1 aliphatic carbocycles. The second-order valence-electron chi connectivity index (χ2n) is 10.8. The van der Waals surface area contributed by atoms with Gasteiger partial charge in [-0.15, -0.1) is 35.4 Å². The van der Waals surface area contributed by atoms with Crippen LogP contribution in [0.3, 0.4) is 0 Å². The third-order valence-electron chi connectivity index (χ3n) is 5.77. The van der Waals surface area contributed by atoms with Crippen LogP contribution in [0.5, 0.6) is 0 Å². The minimum absolute atomic E-state index is 0. The van der Waals surface area contributed by atoms with E-state index in [1.807, 2.05) is 39.2 Å². The summed E-state index contributed by atoms with van der Waals surface area (Å²) < 4.78 is 0. The van der Waals surface area contributed by atoms with Gasteiger partial charge in [-0.05, 0) is 36.7 Å². The minimum atomic E-state index is -0.314. The van der Waals surface area contributed by atoms with E-state index in [1.54, 1.807) is 0 Å². The third-order valence-corrected chi connectivity index (χ3v) is 5.77. The molecule has 183 valence electrons. The van der Waals surface area contributed by atoms with E-state index < -0.39 is 0 Å². The van der Waals surface area contributed by atoms with Crippen LogP contribution < -0.4 is 0 Å². The van der Waals surface area contributed by atoms with E-state index in [4.69, 9.17) is 0 Å². The number of benzene rings is 1. The molecule has 1 aliphatic rings. The van der Waals surface area contributed by atoms with Crippen molar-refractivity contribution >= 4 is 5.78 Å². The zero-order valence-electron chi connectivity index (χ0n) is 21.2. The van der Waals surface area contributed by atoms with Gasteiger partial charge in [-0.25, -0.2) is 0 Å². The first-order valence-electron chi connectivity index (χ1n) is 11.6. The van der Waals surface area contributed by atoms with E-state index in [2.05, 4.69) is 48.9 Å². The van der Waals surface area contributed by atoms with Gasteiger partial charge in [0.1, 0.15) is 5.76 Å². The summed E-state index contributed by atoms with van der Waals surface area (Å²) in [5, 5.41) is 9.20. The number of allylic oxidation sites excluding steroid dienone is 2. The molecular weight excluding hydrogens is 589 g/mol. The monoisotopic (exact) mass is 628 g/mol. The first-order valence-corrected chi connectivity index (χ1v) is 11.6. The Morgan fingerprint density at radius 2 is 1.64 bits per heavy atom. The van der Waals surface area contributed by atoms with E-state index in [-0.39, 0.29) is 42.5 Å². The van der Waals surface area contributed by atoms with Crippen LogP contribution in [0.15, 0.2) is 42.4 Å². The maximum atomic E-state index is 10.5. The predicted molar refractivity (Wildman–Crippen MR) is 132 cm³/mol. The van der Waals surface area contributed by atoms with Gasteiger partial charge >= 0.3 is 0 Å². The van der Waals surface area contributed by atoms with Gasteiger partial charge in [0.05, 0.1) is 5.82 Å². The number of nitrogens with zero attached hydrogens (tertiary/aromatic N) is 2. The van der Waals surface area contributed by atoms with Gasteiger partial charge < -0.3 is 5.11 Å². The molecule has 1 aromatic heterocycles. The second kappa shape index (κ2) is 12.6. The van der Waals surface area contributed by atoms with E-state index in [1.165, 1.54) is 56.2 Å². The Bertz CT molecular complexity index is 916. The van der Waals surface area contributed by atoms with Crippen molar-refractivity contribution < 1.29 is 30.0 Å². The molecule has 0 amide bonds. The van der Waals surface area contributed by atoms with Crippen molar-refractivity contribution in [2.75, 3.05) is 0 Å². The molecule has 1 saturated carbocycles. The van der Waals surface area contributed by atoms with Crippen molar-refractivity contribution in [1.29, 1.82) is 0 Å². The molecule has 2 aromatic rings. The first kappa shape index (κ1) is 29.2. The number of carbonyl (C=O) groups excluding carboxylic acids is 1. The van der Waals surface area contributed by atoms with Gasteiger partial charge in [0.15, 0.2) is 5.78 Å². The molecule has 3 rings (SSSR count). The fourth-order valence-corrected chi connectivity index (χ4v) is 3.60. The maximum Gasteiger partial charge on any atom is 0.155 e. The number of carbonyl (C=O) groups is 1. The van der Waals surface area contributed by atoms with Crippen molar-refractivity contribution in [3.05, 3.63) is 59.6 Å². The predicted octanol–water partition coefficient (Wildman–Crippen LogP) is 7.35. The average molecular weight is 628 g/mol. The van der Waals surface area contributed by atoms with Gasteiger partial charge in [-0.3, -0.25) is 14.8 Å². The maximum absolute atomic E-state index is 10.5. The molecule has 0 aliphatic heterocycles. The molecule has 0 spiro atoms. The summed E-state index contributed by atoms with van der Waals surface area (Å²) in [5.41, 5.74) is 3.40. The van der Waals surface area contributed by atoms with Crippen LogP contribution in [0.2, 0.25) is 0 Å². The van der Waals surface area contributed by atoms with E-state index in [9.17, 15) is 9.90 Å². The third kappa shape index (κ3) is 9.51. The number of hydrogen-bond acceptors (Lipinski definition) is 4. The number of aliphatic hydroxyl groups is 1. The topological polar surface area (TPSA) is 63.1 Å². The van der Waals surface area contributed by atoms with Gasteiger partial charge in [-0.2, -0.15) is 0 Å². The van der Waals surface area contributed by atoms with Crippen LogP contribution in [-0.2, 0) is 30.3 Å². The molecule has 4 nitrogen and oxygen atoms in total. The largest absolute Gasteiger partial charge is 0.512 e. The summed E-state index contributed by atoms with van der Waals surface area (Å²) >= 11 is 0. The van der Waals surface area contributed by atoms with Gasteiger partial charge in [-0.1, -0.05) is 60.8 Å². The average Bonchev–Trinajstić information content (AvgIpc) is 2.73. The molecular formula is C28H39IrN2O2-. The van der Waals surface area contributed by atoms with Crippen molar-refractivity contribution in [2.24, 2.45) is 5.41 Å². The van der Waals surface area contributed by atoms with Gasteiger partial charge in [0.25, 0.3) is 0 Å². The van der Waals surface area contributed by atoms with Crippen LogP contribution in [-0.4, -0.2) is 20.9 Å². The first-order chi connectivity index (χ1) is 14.9. The van der Waals surface area contributed by atoms with Crippen molar-refractivity contribution in [1.82, 2.24) is 9.97 Å². The fraction of sp³-hybridized carbons (Fsp3) is 0.536. The van der Waals surface area contributed by atoms with Crippen molar-refractivity contribution in [3.63, 3.8) is 0 Å². The molecule has 0 atom stereocenters. The zero-order chi connectivity index (χ0) is 23.9. The molecule has 0 bridgehead atoms. The Balaban J connectivity index is 0.000000425. The molecule has 1 radical (unpaired) electrons. The molecule has 1 fully saturated rings. The summed E-state index contributed by atoms with van der Waals surface area (Å²) in [6.45, 7) is 13.6. The van der Waals surface area contributed by atoms with Crippen molar-refractivity contribution in [2.45, 2.75) is 91.9 Å². The summed E-state index contributed by atoms with van der Waals surface area (Å²) in [5.74, 6) is 1.46. The number of aliphatic hydroxyl groups excluding tert-OH is 1. The molecule has 1 heterocycles.